The average Bonchev–Trinajstić information content (AvgIpc) is 2.37. The standard InChI is InChI=1S/C14H29N3O2/c1-12-6-4-8-17(10-12)14(2,3)11-16-13(19)15-7-5-9-18/h12,18H,4-11H2,1-3H3,(H2,15,16,19). The number of amides is 2. The lowest BCUT2D eigenvalue weighted by Gasteiger charge is -2.43. The molecule has 3 N–H and O–H groups in total. The summed E-state index contributed by atoms with van der Waals surface area (Å²) in [5.41, 5.74) is -0.0109. The number of piperidine rings is 1. The number of urea groups is 1. The van der Waals surface area contributed by atoms with E-state index in [2.05, 4.69) is 36.3 Å². The molecular formula is C14H29N3O2. The van der Waals surface area contributed by atoms with Gasteiger partial charge in [-0.2, -0.15) is 0 Å². The number of hydrogen-bond donors (Lipinski definition) is 3. The van der Waals surface area contributed by atoms with Crippen LogP contribution in [-0.4, -0.2) is 54.4 Å². The highest BCUT2D eigenvalue weighted by Gasteiger charge is 2.30. The Kier molecular flexibility index (Phi) is 6.58. The maximum atomic E-state index is 11.6. The molecule has 1 rings (SSSR count). The summed E-state index contributed by atoms with van der Waals surface area (Å²) in [5.74, 6) is 0.742. The lowest BCUT2D eigenvalue weighted by atomic mass is 9.93. The number of likely N-dealkylation sites (tertiary alicyclic amines) is 1. The van der Waals surface area contributed by atoms with E-state index in [-0.39, 0.29) is 18.2 Å². The van der Waals surface area contributed by atoms with Crippen LogP contribution in [0.2, 0.25) is 0 Å². The number of aliphatic hydroxyl groups excluding tert-OH is 1. The fourth-order valence-corrected chi connectivity index (χ4v) is 2.49. The third-order valence-electron chi connectivity index (χ3n) is 3.82. The molecule has 1 unspecified atom stereocenters. The normalized spacial score (nSPS) is 21.2. The Labute approximate surface area is 116 Å². The predicted octanol–water partition coefficient (Wildman–Crippen LogP) is 1.18. The first-order valence-corrected chi connectivity index (χ1v) is 7.33. The van der Waals surface area contributed by atoms with Crippen LogP contribution in [0.4, 0.5) is 4.79 Å². The van der Waals surface area contributed by atoms with Gasteiger partial charge in [0.25, 0.3) is 0 Å². The Hall–Kier alpha value is -0.810. The molecule has 1 heterocycles. The van der Waals surface area contributed by atoms with Crippen LogP contribution in [0.1, 0.15) is 40.0 Å². The summed E-state index contributed by atoms with van der Waals surface area (Å²) in [4.78, 5) is 14.1. The summed E-state index contributed by atoms with van der Waals surface area (Å²) in [6.07, 6.45) is 3.15. The lowest BCUT2D eigenvalue weighted by Crippen LogP contribution is -2.55. The van der Waals surface area contributed by atoms with Gasteiger partial charge in [0.15, 0.2) is 0 Å². The van der Waals surface area contributed by atoms with E-state index < -0.39 is 0 Å². The van der Waals surface area contributed by atoms with Crippen molar-refractivity contribution in [3.63, 3.8) is 0 Å². The zero-order valence-electron chi connectivity index (χ0n) is 12.5. The molecule has 2 amide bonds. The number of carbonyl (C=O) groups excluding carboxylic acids is 1. The van der Waals surface area contributed by atoms with E-state index in [1.54, 1.807) is 0 Å². The number of carbonyl (C=O) groups is 1. The zero-order valence-corrected chi connectivity index (χ0v) is 12.5. The maximum absolute atomic E-state index is 11.6. The first-order chi connectivity index (χ1) is 8.95. The second kappa shape index (κ2) is 7.70. The highest BCUT2D eigenvalue weighted by Crippen LogP contribution is 2.23. The van der Waals surface area contributed by atoms with Gasteiger partial charge in [-0.25, -0.2) is 4.79 Å². The number of nitrogens with zero attached hydrogens (tertiary/aromatic N) is 1. The van der Waals surface area contributed by atoms with Crippen LogP contribution in [0.15, 0.2) is 0 Å². The van der Waals surface area contributed by atoms with Gasteiger partial charge in [-0.15, -0.1) is 0 Å². The molecule has 0 spiro atoms. The van der Waals surface area contributed by atoms with Gasteiger partial charge in [0, 0.05) is 31.8 Å². The summed E-state index contributed by atoms with van der Waals surface area (Å²) in [6.45, 7) is 10.1. The summed E-state index contributed by atoms with van der Waals surface area (Å²) < 4.78 is 0. The quantitative estimate of drug-likeness (QED) is 0.636. The third-order valence-corrected chi connectivity index (χ3v) is 3.82. The van der Waals surface area contributed by atoms with Crippen molar-refractivity contribution in [1.29, 1.82) is 0 Å². The highest BCUT2D eigenvalue weighted by molar-refractivity contribution is 5.73. The van der Waals surface area contributed by atoms with Crippen molar-refractivity contribution in [2.75, 3.05) is 32.8 Å². The average molecular weight is 271 g/mol. The van der Waals surface area contributed by atoms with Crippen molar-refractivity contribution in [3.05, 3.63) is 0 Å². The summed E-state index contributed by atoms with van der Waals surface area (Å²) in [7, 11) is 0. The van der Waals surface area contributed by atoms with Crippen LogP contribution in [-0.2, 0) is 0 Å². The molecule has 1 saturated heterocycles. The Balaban J connectivity index is 2.31. The molecule has 0 radical (unpaired) electrons. The first kappa shape index (κ1) is 16.2. The van der Waals surface area contributed by atoms with Crippen LogP contribution >= 0.6 is 0 Å². The van der Waals surface area contributed by atoms with Gasteiger partial charge in [-0.1, -0.05) is 6.92 Å². The van der Waals surface area contributed by atoms with Crippen LogP contribution in [0, 0.1) is 5.92 Å². The minimum atomic E-state index is -0.147. The van der Waals surface area contributed by atoms with E-state index in [1.807, 2.05) is 0 Å². The summed E-state index contributed by atoms with van der Waals surface area (Å²) in [6, 6.07) is -0.147. The van der Waals surface area contributed by atoms with Crippen LogP contribution < -0.4 is 10.6 Å². The van der Waals surface area contributed by atoms with E-state index in [0.29, 0.717) is 19.5 Å². The Morgan fingerprint density at radius 2 is 2.16 bits per heavy atom. The van der Waals surface area contributed by atoms with Gasteiger partial charge in [-0.05, 0) is 45.6 Å². The molecule has 1 aliphatic rings. The van der Waals surface area contributed by atoms with Gasteiger partial charge in [0.2, 0.25) is 0 Å². The first-order valence-electron chi connectivity index (χ1n) is 7.33. The molecular weight excluding hydrogens is 242 g/mol. The van der Waals surface area contributed by atoms with Crippen LogP contribution in [0.25, 0.3) is 0 Å². The van der Waals surface area contributed by atoms with Gasteiger partial charge in [0.05, 0.1) is 0 Å². The maximum Gasteiger partial charge on any atom is 0.314 e. The molecule has 0 aliphatic carbocycles. The molecule has 1 atom stereocenters. The molecule has 5 heteroatoms. The van der Waals surface area contributed by atoms with E-state index in [9.17, 15) is 4.79 Å². The van der Waals surface area contributed by atoms with Gasteiger partial charge in [0.1, 0.15) is 0 Å². The van der Waals surface area contributed by atoms with E-state index in [4.69, 9.17) is 5.11 Å². The Morgan fingerprint density at radius 1 is 1.42 bits per heavy atom. The van der Waals surface area contributed by atoms with Gasteiger partial charge in [-0.3, -0.25) is 4.90 Å². The molecule has 1 fully saturated rings. The molecule has 1 aliphatic heterocycles. The van der Waals surface area contributed by atoms with Crippen LogP contribution in [0.3, 0.4) is 0 Å². The fourth-order valence-electron chi connectivity index (χ4n) is 2.49. The second-order valence-electron chi connectivity index (χ2n) is 6.19. The van der Waals surface area contributed by atoms with Crippen molar-refractivity contribution < 1.29 is 9.90 Å². The van der Waals surface area contributed by atoms with Crippen molar-refractivity contribution >= 4 is 6.03 Å². The SMILES string of the molecule is CC1CCCN(C(C)(C)CNC(=O)NCCCO)C1. The Morgan fingerprint density at radius 3 is 2.79 bits per heavy atom. The fraction of sp³-hybridized carbons (Fsp3) is 0.929. The molecule has 5 nitrogen and oxygen atoms in total. The monoisotopic (exact) mass is 271 g/mol. The molecule has 0 bridgehead atoms. The lowest BCUT2D eigenvalue weighted by molar-refractivity contribution is 0.0724. The molecule has 0 aromatic carbocycles. The van der Waals surface area contributed by atoms with Crippen molar-refractivity contribution in [3.8, 4) is 0 Å². The molecule has 0 saturated carbocycles. The van der Waals surface area contributed by atoms with Gasteiger partial charge < -0.3 is 15.7 Å². The van der Waals surface area contributed by atoms with Gasteiger partial charge >= 0.3 is 6.03 Å². The molecule has 0 aromatic heterocycles. The molecule has 19 heavy (non-hydrogen) atoms. The van der Waals surface area contributed by atoms with E-state index in [0.717, 1.165) is 19.0 Å². The number of aliphatic hydroxyl groups is 1. The number of hydrogen-bond acceptors (Lipinski definition) is 3. The third kappa shape index (κ3) is 5.78. The van der Waals surface area contributed by atoms with Crippen molar-refractivity contribution in [2.24, 2.45) is 5.92 Å². The Bertz CT molecular complexity index is 282. The van der Waals surface area contributed by atoms with Crippen LogP contribution in [0.5, 0.6) is 0 Å². The molecule has 112 valence electrons. The van der Waals surface area contributed by atoms with Crippen molar-refractivity contribution in [1.82, 2.24) is 15.5 Å². The highest BCUT2D eigenvalue weighted by atomic mass is 16.3. The smallest absolute Gasteiger partial charge is 0.314 e. The van der Waals surface area contributed by atoms with E-state index in [1.165, 1.54) is 12.8 Å². The second-order valence-corrected chi connectivity index (χ2v) is 6.19. The zero-order chi connectivity index (χ0) is 14.3. The summed E-state index contributed by atoms with van der Waals surface area (Å²) in [5, 5.41) is 14.3. The van der Waals surface area contributed by atoms with E-state index >= 15 is 0 Å². The minimum Gasteiger partial charge on any atom is -0.396 e. The van der Waals surface area contributed by atoms with Crippen molar-refractivity contribution in [2.45, 2.75) is 45.6 Å². The minimum absolute atomic E-state index is 0.0109. The largest absolute Gasteiger partial charge is 0.396 e. The topological polar surface area (TPSA) is 64.6 Å². The predicted molar refractivity (Wildman–Crippen MR) is 77.2 cm³/mol. The molecule has 0 aromatic rings. The number of nitrogens with one attached hydrogen (secondary N) is 2. The number of rotatable bonds is 6. The summed E-state index contributed by atoms with van der Waals surface area (Å²) >= 11 is 0.